The van der Waals surface area contributed by atoms with Crippen LogP contribution < -0.4 is 0 Å². The van der Waals surface area contributed by atoms with Gasteiger partial charge in [-0.2, -0.15) is 0 Å². The first-order chi connectivity index (χ1) is 9.25. The lowest BCUT2D eigenvalue weighted by molar-refractivity contribution is 0.0806. The zero-order chi connectivity index (χ0) is 13.5. The molecule has 2 rings (SSSR count). The van der Waals surface area contributed by atoms with Gasteiger partial charge in [-0.15, -0.1) is 0 Å². The summed E-state index contributed by atoms with van der Waals surface area (Å²) in [7, 11) is 1.89. The molecule has 3 heteroatoms. The molecule has 2 aromatic rings. The van der Waals surface area contributed by atoms with E-state index < -0.39 is 0 Å². The number of aromatic nitrogens is 1. The van der Waals surface area contributed by atoms with Crippen LogP contribution in [0.4, 0.5) is 0 Å². The number of ether oxygens (including phenoxy) is 1. The van der Waals surface area contributed by atoms with Crippen LogP contribution in [0, 0.1) is 0 Å². The summed E-state index contributed by atoms with van der Waals surface area (Å²) in [6.45, 7) is 0.552. The van der Waals surface area contributed by atoms with Crippen molar-refractivity contribution >= 4 is 11.9 Å². The van der Waals surface area contributed by atoms with Gasteiger partial charge in [0.2, 0.25) is 0 Å². The highest BCUT2D eigenvalue weighted by Crippen LogP contribution is 2.02. The molecule has 0 aliphatic rings. The number of hydrogen-bond donors (Lipinski definition) is 0. The normalized spacial score (nSPS) is 11.0. The topological polar surface area (TPSA) is 31.2 Å². The molecule has 1 aromatic carbocycles. The van der Waals surface area contributed by atoms with Gasteiger partial charge in [0.05, 0.1) is 6.61 Å². The van der Waals surface area contributed by atoms with Crippen molar-refractivity contribution in [3.8, 4) is 0 Å². The molecule has 19 heavy (non-hydrogen) atoms. The van der Waals surface area contributed by atoms with E-state index in [4.69, 9.17) is 4.74 Å². The van der Waals surface area contributed by atoms with Crippen LogP contribution in [0.15, 0.2) is 54.9 Å². The Kier molecular flexibility index (Phi) is 4.70. The van der Waals surface area contributed by atoms with E-state index in [1.807, 2.05) is 60.3 Å². The third kappa shape index (κ3) is 4.23. The van der Waals surface area contributed by atoms with Crippen molar-refractivity contribution in [2.75, 3.05) is 13.2 Å². The van der Waals surface area contributed by atoms with Gasteiger partial charge in [-0.25, -0.2) is 0 Å². The van der Waals surface area contributed by atoms with Crippen LogP contribution in [0.25, 0.3) is 6.08 Å². The van der Waals surface area contributed by atoms with Crippen LogP contribution in [0.5, 0.6) is 0 Å². The van der Waals surface area contributed by atoms with Gasteiger partial charge in [-0.05, 0) is 11.6 Å². The second kappa shape index (κ2) is 6.71. The summed E-state index contributed by atoms with van der Waals surface area (Å²) in [5.41, 5.74) is 1.81. The van der Waals surface area contributed by atoms with Crippen LogP contribution >= 0.6 is 0 Å². The summed E-state index contributed by atoms with van der Waals surface area (Å²) in [5.74, 6) is 0.00807. The molecule has 0 fully saturated rings. The predicted molar refractivity (Wildman–Crippen MR) is 76.0 cm³/mol. The lowest BCUT2D eigenvalue weighted by Crippen LogP contribution is -2.08. The molecular formula is C16H17NO2. The number of carbonyl (C=O) groups excluding carboxylic acids is 1. The third-order valence-corrected chi connectivity index (χ3v) is 2.71. The fourth-order valence-corrected chi connectivity index (χ4v) is 1.72. The molecule has 0 unspecified atom stereocenters. The Morgan fingerprint density at radius 2 is 2.05 bits per heavy atom. The minimum Gasteiger partial charge on any atom is -0.369 e. The summed E-state index contributed by atoms with van der Waals surface area (Å²) in [5, 5.41) is 0. The molecule has 0 saturated carbocycles. The lowest BCUT2D eigenvalue weighted by Gasteiger charge is -1.99. The van der Waals surface area contributed by atoms with Crippen molar-refractivity contribution in [2.24, 2.45) is 7.05 Å². The predicted octanol–water partition coefficient (Wildman–Crippen LogP) is 2.94. The van der Waals surface area contributed by atoms with Crippen molar-refractivity contribution in [3.63, 3.8) is 0 Å². The Bertz CT molecular complexity index is 555. The molecule has 1 aromatic heterocycles. The van der Waals surface area contributed by atoms with E-state index in [-0.39, 0.29) is 12.4 Å². The van der Waals surface area contributed by atoms with E-state index in [2.05, 4.69) is 0 Å². The van der Waals surface area contributed by atoms with Crippen LogP contribution in [-0.4, -0.2) is 23.6 Å². The molecule has 3 nitrogen and oxygen atoms in total. The molecule has 0 atom stereocenters. The van der Waals surface area contributed by atoms with Crippen LogP contribution in [0.3, 0.4) is 0 Å². The zero-order valence-corrected chi connectivity index (χ0v) is 11.0. The summed E-state index contributed by atoms with van der Waals surface area (Å²) in [6.07, 6.45) is 7.54. The first-order valence-corrected chi connectivity index (χ1v) is 6.20. The number of aryl methyl sites for hydroxylation is 1. The van der Waals surface area contributed by atoms with Gasteiger partial charge in [0.15, 0.2) is 5.78 Å². The summed E-state index contributed by atoms with van der Waals surface area (Å²) < 4.78 is 7.18. The SMILES string of the molecule is Cn1ccc(C(=O)COCC=Cc2ccccc2)c1. The van der Waals surface area contributed by atoms with Crippen LogP contribution in [0.2, 0.25) is 0 Å². The number of ketones is 1. The smallest absolute Gasteiger partial charge is 0.189 e. The largest absolute Gasteiger partial charge is 0.369 e. The Hall–Kier alpha value is -2.13. The highest BCUT2D eigenvalue weighted by Gasteiger charge is 2.05. The number of hydrogen-bond acceptors (Lipinski definition) is 2. The Morgan fingerprint density at radius 1 is 1.26 bits per heavy atom. The number of rotatable bonds is 6. The minimum absolute atomic E-state index is 0.00807. The summed E-state index contributed by atoms with van der Waals surface area (Å²) >= 11 is 0. The average Bonchev–Trinajstić information content (AvgIpc) is 2.86. The number of nitrogens with zero attached hydrogens (tertiary/aromatic N) is 1. The first kappa shape index (κ1) is 13.3. The van der Waals surface area contributed by atoms with Gasteiger partial charge in [0, 0.05) is 25.0 Å². The molecule has 0 N–H and O–H groups in total. The van der Waals surface area contributed by atoms with Crippen molar-refractivity contribution in [2.45, 2.75) is 0 Å². The molecule has 98 valence electrons. The second-order valence-electron chi connectivity index (χ2n) is 4.32. The van der Waals surface area contributed by atoms with Crippen molar-refractivity contribution in [1.29, 1.82) is 0 Å². The minimum atomic E-state index is 0.00807. The molecular weight excluding hydrogens is 238 g/mol. The molecule has 0 aliphatic carbocycles. The first-order valence-electron chi connectivity index (χ1n) is 6.20. The van der Waals surface area contributed by atoms with Crippen molar-refractivity contribution < 1.29 is 9.53 Å². The standard InChI is InChI=1S/C16H17NO2/c1-17-10-9-15(12-17)16(18)13-19-11-5-8-14-6-3-2-4-7-14/h2-10,12H,11,13H2,1H3. The highest BCUT2D eigenvalue weighted by atomic mass is 16.5. The fraction of sp³-hybridized carbons (Fsp3) is 0.188. The van der Waals surface area contributed by atoms with Gasteiger partial charge >= 0.3 is 0 Å². The highest BCUT2D eigenvalue weighted by molar-refractivity contribution is 5.96. The summed E-state index contributed by atoms with van der Waals surface area (Å²) in [4.78, 5) is 11.7. The van der Waals surface area contributed by atoms with E-state index in [1.54, 1.807) is 12.3 Å². The van der Waals surface area contributed by atoms with E-state index in [0.717, 1.165) is 5.56 Å². The quantitative estimate of drug-likeness (QED) is 0.587. The van der Waals surface area contributed by atoms with Gasteiger partial charge in [-0.3, -0.25) is 4.79 Å². The lowest BCUT2D eigenvalue weighted by atomic mass is 10.2. The Labute approximate surface area is 113 Å². The molecule has 0 radical (unpaired) electrons. The van der Waals surface area contributed by atoms with Gasteiger partial charge < -0.3 is 9.30 Å². The van der Waals surface area contributed by atoms with Gasteiger partial charge in [0.25, 0.3) is 0 Å². The molecule has 0 bridgehead atoms. The van der Waals surface area contributed by atoms with E-state index in [0.29, 0.717) is 12.2 Å². The zero-order valence-electron chi connectivity index (χ0n) is 11.0. The molecule has 1 heterocycles. The summed E-state index contributed by atoms with van der Waals surface area (Å²) in [6, 6.07) is 11.8. The molecule has 0 spiro atoms. The maximum absolute atomic E-state index is 11.7. The average molecular weight is 255 g/mol. The van der Waals surface area contributed by atoms with E-state index in [1.165, 1.54) is 0 Å². The van der Waals surface area contributed by atoms with Crippen LogP contribution in [0.1, 0.15) is 15.9 Å². The van der Waals surface area contributed by atoms with E-state index >= 15 is 0 Å². The number of benzene rings is 1. The van der Waals surface area contributed by atoms with Crippen molar-refractivity contribution in [3.05, 3.63) is 66.0 Å². The molecule has 0 amide bonds. The molecule has 0 aliphatic heterocycles. The van der Waals surface area contributed by atoms with Crippen LogP contribution in [-0.2, 0) is 11.8 Å². The maximum Gasteiger partial charge on any atom is 0.189 e. The van der Waals surface area contributed by atoms with Crippen molar-refractivity contribution in [1.82, 2.24) is 4.57 Å². The van der Waals surface area contributed by atoms with Gasteiger partial charge in [-0.1, -0.05) is 42.5 Å². The Morgan fingerprint density at radius 3 is 2.74 bits per heavy atom. The fourth-order valence-electron chi connectivity index (χ4n) is 1.72. The van der Waals surface area contributed by atoms with Gasteiger partial charge in [0.1, 0.15) is 6.61 Å². The van der Waals surface area contributed by atoms with E-state index in [9.17, 15) is 4.79 Å². The monoisotopic (exact) mass is 255 g/mol. The third-order valence-electron chi connectivity index (χ3n) is 2.71. The number of carbonyl (C=O) groups is 1. The molecule has 0 saturated heterocycles. The second-order valence-corrected chi connectivity index (χ2v) is 4.32. The number of Topliss-reactive ketones (excluding diaryl/α,β-unsaturated/α-hetero) is 1. The Balaban J connectivity index is 1.72. The maximum atomic E-state index is 11.7.